The Morgan fingerprint density at radius 1 is 1.13 bits per heavy atom. The van der Waals surface area contributed by atoms with Crippen LogP contribution in [0.3, 0.4) is 0 Å². The van der Waals surface area contributed by atoms with Crippen LogP contribution in [0, 0.1) is 10.1 Å². The van der Waals surface area contributed by atoms with Crippen LogP contribution in [-0.4, -0.2) is 49.4 Å². The predicted molar refractivity (Wildman–Crippen MR) is 146 cm³/mol. The number of thiazole rings is 2. The Bertz CT molecular complexity index is 1380. The highest BCUT2D eigenvalue weighted by Gasteiger charge is 2.34. The normalized spacial score (nSPS) is 14.4. The monoisotopic (exact) mass is 616 g/mol. The second-order valence-corrected chi connectivity index (χ2v) is 11.4. The Balaban J connectivity index is 1.60. The number of rotatable bonds is 12. The molecule has 1 N–H and O–H groups in total. The van der Waals surface area contributed by atoms with Crippen molar-refractivity contribution in [3.05, 3.63) is 81.6 Å². The summed E-state index contributed by atoms with van der Waals surface area (Å²) in [6.45, 7) is 2.88. The molecular weight excluding hydrogens is 599 g/mol. The van der Waals surface area contributed by atoms with E-state index in [0.717, 1.165) is 10.4 Å². The van der Waals surface area contributed by atoms with Gasteiger partial charge in [-0.05, 0) is 18.6 Å². The Kier molecular flexibility index (Phi) is 9.82. The van der Waals surface area contributed by atoms with Crippen molar-refractivity contribution in [1.82, 2.24) is 25.3 Å². The van der Waals surface area contributed by atoms with Gasteiger partial charge < -0.3 is 9.74 Å². The van der Waals surface area contributed by atoms with Crippen LogP contribution >= 0.6 is 57.5 Å². The molecule has 0 fully saturated rings. The third kappa shape index (κ3) is 7.58. The lowest BCUT2D eigenvalue weighted by Gasteiger charge is -2.20. The van der Waals surface area contributed by atoms with Crippen LogP contribution in [0.5, 0.6) is 0 Å². The molecule has 12 nitrogen and oxygen atoms in total. The summed E-state index contributed by atoms with van der Waals surface area (Å²) in [5.74, 6) is 0.167. The van der Waals surface area contributed by atoms with E-state index in [-0.39, 0.29) is 36.2 Å². The molecule has 0 unspecified atom stereocenters. The number of oxime groups is 1. The van der Waals surface area contributed by atoms with E-state index in [9.17, 15) is 10.1 Å². The summed E-state index contributed by atoms with van der Waals surface area (Å²) in [6.07, 6.45) is 4.73. The number of allylic oxidation sites excluding steroid dienone is 1. The van der Waals surface area contributed by atoms with E-state index in [2.05, 4.69) is 30.6 Å². The third-order valence-electron chi connectivity index (χ3n) is 4.93. The van der Waals surface area contributed by atoms with Gasteiger partial charge in [-0.2, -0.15) is 0 Å². The molecule has 4 heterocycles. The molecule has 3 aromatic rings. The van der Waals surface area contributed by atoms with Crippen LogP contribution < -0.4 is 5.48 Å². The molecule has 3 aromatic heterocycles. The fourth-order valence-electron chi connectivity index (χ4n) is 3.28. The molecule has 0 bridgehead atoms. The van der Waals surface area contributed by atoms with Crippen molar-refractivity contribution in [1.29, 1.82) is 0 Å². The predicted octanol–water partition coefficient (Wildman–Crippen LogP) is 4.97. The smallest absolute Gasteiger partial charge is 0.338 e. The van der Waals surface area contributed by atoms with Gasteiger partial charge >= 0.3 is 5.70 Å². The second-order valence-electron chi connectivity index (χ2n) is 7.60. The quantitative estimate of drug-likeness (QED) is 0.129. The minimum absolute atomic E-state index is 0.0205. The van der Waals surface area contributed by atoms with Gasteiger partial charge in [0.2, 0.25) is 5.84 Å². The standard InChI is InChI=1S/C21H19Cl3N8O4S2/c1-12(29-35-10-14-7-27-20(23)37-14)17(30-36-11-15-8-28-21(24)38-15)18(32(33)34)19-25-4-5-31(19)9-13-2-3-16(22)26-6-13/h2-3,6-8,30H,4-5,9-11H2,1H3/b18-17+,29-12+. The first-order valence-corrected chi connectivity index (χ1v) is 13.6. The zero-order chi connectivity index (χ0) is 27.1. The van der Waals surface area contributed by atoms with E-state index in [1.165, 1.54) is 22.7 Å². The molecule has 4 rings (SSSR count). The SMILES string of the molecule is CC(=N\OCc1cnc(Cl)s1)/C(NOCc1cnc(Cl)s1)=C(/C1=NCCN1Cc1ccc(Cl)nc1)[N+](=O)[O-]. The molecule has 200 valence electrons. The van der Waals surface area contributed by atoms with Crippen molar-refractivity contribution < 1.29 is 14.6 Å². The summed E-state index contributed by atoms with van der Waals surface area (Å²) in [5, 5.41) is 16.8. The molecule has 0 aromatic carbocycles. The zero-order valence-electron chi connectivity index (χ0n) is 19.6. The van der Waals surface area contributed by atoms with Crippen LogP contribution in [-0.2, 0) is 29.4 Å². The molecule has 1 aliphatic heterocycles. The van der Waals surface area contributed by atoms with Crippen molar-refractivity contribution in [2.45, 2.75) is 26.7 Å². The molecule has 0 saturated carbocycles. The molecule has 1 aliphatic rings. The van der Waals surface area contributed by atoms with E-state index in [1.807, 2.05) is 0 Å². The van der Waals surface area contributed by atoms with Crippen LogP contribution in [0.2, 0.25) is 14.1 Å². The zero-order valence-corrected chi connectivity index (χ0v) is 23.5. The molecule has 0 atom stereocenters. The number of hydrogen-bond donors (Lipinski definition) is 1. The van der Waals surface area contributed by atoms with Gasteiger partial charge in [-0.25, -0.2) is 15.0 Å². The molecule has 38 heavy (non-hydrogen) atoms. The van der Waals surface area contributed by atoms with Gasteiger partial charge in [0.25, 0.3) is 0 Å². The van der Waals surface area contributed by atoms with E-state index >= 15 is 0 Å². The summed E-state index contributed by atoms with van der Waals surface area (Å²) < 4.78 is 0.723. The van der Waals surface area contributed by atoms with Crippen molar-refractivity contribution in [2.75, 3.05) is 13.1 Å². The number of nitro groups is 1. The lowest BCUT2D eigenvalue weighted by Crippen LogP contribution is -2.35. The minimum atomic E-state index is -0.533. The van der Waals surface area contributed by atoms with Gasteiger partial charge in [0, 0.05) is 31.7 Å². The molecule has 0 spiro atoms. The number of hydrogen-bond acceptors (Lipinski definition) is 13. The highest BCUT2D eigenvalue weighted by molar-refractivity contribution is 7.16. The highest BCUT2D eigenvalue weighted by Crippen LogP contribution is 2.22. The maximum atomic E-state index is 12.4. The number of amidine groups is 1. The molecule has 0 amide bonds. The maximum absolute atomic E-state index is 12.4. The van der Waals surface area contributed by atoms with Crippen LogP contribution in [0.25, 0.3) is 0 Å². The van der Waals surface area contributed by atoms with Crippen molar-refractivity contribution in [3.63, 3.8) is 0 Å². The number of aliphatic imine (C=N–C) groups is 1. The second kappa shape index (κ2) is 13.3. The summed E-state index contributed by atoms with van der Waals surface area (Å²) >= 11 is 20.1. The molecular formula is C21H19Cl3N8O4S2. The van der Waals surface area contributed by atoms with Crippen LogP contribution in [0.1, 0.15) is 22.2 Å². The average Bonchev–Trinajstić information content (AvgIpc) is 3.61. The number of halogens is 3. The maximum Gasteiger partial charge on any atom is 0.338 e. The molecule has 0 radical (unpaired) electrons. The van der Waals surface area contributed by atoms with Gasteiger partial charge in [-0.3, -0.25) is 25.4 Å². The Hall–Kier alpha value is -2.88. The van der Waals surface area contributed by atoms with Gasteiger partial charge in [-0.15, -0.1) is 22.7 Å². The lowest BCUT2D eigenvalue weighted by molar-refractivity contribution is -0.417. The van der Waals surface area contributed by atoms with E-state index < -0.39 is 4.92 Å². The topological polar surface area (TPSA) is 140 Å². The first-order chi connectivity index (χ1) is 18.3. The summed E-state index contributed by atoms with van der Waals surface area (Å²) in [5.41, 5.74) is 3.31. The highest BCUT2D eigenvalue weighted by atomic mass is 35.5. The first kappa shape index (κ1) is 28.1. The largest absolute Gasteiger partial charge is 0.390 e. The van der Waals surface area contributed by atoms with E-state index in [1.54, 1.807) is 42.5 Å². The summed E-state index contributed by atoms with van der Waals surface area (Å²) in [6, 6.07) is 3.46. The van der Waals surface area contributed by atoms with Crippen molar-refractivity contribution in [3.8, 4) is 0 Å². The Morgan fingerprint density at radius 3 is 2.45 bits per heavy atom. The number of hydroxylamine groups is 1. The van der Waals surface area contributed by atoms with Crippen LogP contribution in [0.15, 0.2) is 52.3 Å². The fraction of sp³-hybridized carbons (Fsp3) is 0.286. The van der Waals surface area contributed by atoms with Crippen LogP contribution in [0.4, 0.5) is 0 Å². The Morgan fingerprint density at radius 2 is 1.84 bits per heavy atom. The first-order valence-electron chi connectivity index (χ1n) is 10.8. The lowest BCUT2D eigenvalue weighted by atomic mass is 10.2. The van der Waals surface area contributed by atoms with Crippen molar-refractivity contribution >= 4 is 69.0 Å². The molecule has 0 aliphatic carbocycles. The Labute approximate surface area is 239 Å². The number of nitrogens with zero attached hydrogens (tertiary/aromatic N) is 7. The fourth-order valence-corrected chi connectivity index (χ4v) is 5.17. The molecule has 17 heteroatoms. The van der Waals surface area contributed by atoms with E-state index in [0.29, 0.717) is 38.6 Å². The molecule has 0 saturated heterocycles. The van der Waals surface area contributed by atoms with Gasteiger partial charge in [0.15, 0.2) is 21.2 Å². The van der Waals surface area contributed by atoms with E-state index in [4.69, 9.17) is 44.5 Å². The number of nitrogens with one attached hydrogen (secondary N) is 1. The minimum Gasteiger partial charge on any atom is -0.390 e. The summed E-state index contributed by atoms with van der Waals surface area (Å²) in [7, 11) is 0. The summed E-state index contributed by atoms with van der Waals surface area (Å²) in [4.78, 5) is 42.5. The van der Waals surface area contributed by atoms with Gasteiger partial charge in [0.05, 0.1) is 21.2 Å². The van der Waals surface area contributed by atoms with Crippen molar-refractivity contribution in [2.24, 2.45) is 10.1 Å². The third-order valence-corrected chi connectivity index (χ3v) is 7.33. The average molecular weight is 618 g/mol. The number of aromatic nitrogens is 3. The van der Waals surface area contributed by atoms with Gasteiger partial charge in [-0.1, -0.05) is 46.0 Å². The van der Waals surface area contributed by atoms with Gasteiger partial charge in [0.1, 0.15) is 17.5 Å². The number of pyridine rings is 1.